The van der Waals surface area contributed by atoms with Crippen LogP contribution in [-0.2, 0) is 4.74 Å². The molecule has 3 heterocycles. The number of fused-ring (bicyclic) bond motifs is 1. The monoisotopic (exact) mass is 321 g/mol. The lowest BCUT2D eigenvalue weighted by Gasteiger charge is -2.23. The van der Waals surface area contributed by atoms with Gasteiger partial charge in [0.2, 0.25) is 0 Å². The van der Waals surface area contributed by atoms with Gasteiger partial charge in [-0.25, -0.2) is 0 Å². The van der Waals surface area contributed by atoms with Gasteiger partial charge in [0, 0.05) is 43.0 Å². The van der Waals surface area contributed by atoms with Crippen LogP contribution in [0.15, 0.2) is 29.0 Å². The Labute approximate surface area is 120 Å². The molecule has 1 atom stereocenters. The lowest BCUT2D eigenvalue weighted by molar-refractivity contribution is 0.186. The van der Waals surface area contributed by atoms with Crippen LogP contribution >= 0.6 is 15.9 Å². The van der Waals surface area contributed by atoms with Gasteiger partial charge in [0.25, 0.3) is 0 Å². The Hall–Kier alpha value is -1.20. The summed E-state index contributed by atoms with van der Waals surface area (Å²) in [7, 11) is 2.11. The third-order valence-corrected chi connectivity index (χ3v) is 3.92. The number of anilines is 1. The van der Waals surface area contributed by atoms with Gasteiger partial charge in [-0.15, -0.1) is 0 Å². The van der Waals surface area contributed by atoms with Crippen molar-refractivity contribution in [2.24, 2.45) is 5.92 Å². The quantitative estimate of drug-likeness (QED) is 0.871. The summed E-state index contributed by atoms with van der Waals surface area (Å²) in [5, 5.41) is 0. The Morgan fingerprint density at radius 2 is 2.37 bits per heavy atom. The van der Waals surface area contributed by atoms with Crippen LogP contribution in [0.5, 0.6) is 0 Å². The van der Waals surface area contributed by atoms with E-state index in [-0.39, 0.29) is 0 Å². The second-order valence-electron chi connectivity index (χ2n) is 4.96. The fraction of sp³-hybridized carbons (Fsp3) is 0.429. The van der Waals surface area contributed by atoms with Gasteiger partial charge in [0.1, 0.15) is 5.52 Å². The molecule has 5 heteroatoms. The van der Waals surface area contributed by atoms with Crippen molar-refractivity contribution in [2.75, 3.05) is 31.7 Å². The summed E-state index contributed by atoms with van der Waals surface area (Å²) in [6, 6.07) is 4.03. The van der Waals surface area contributed by atoms with Crippen molar-refractivity contribution in [1.29, 1.82) is 0 Å². The van der Waals surface area contributed by atoms with Crippen molar-refractivity contribution in [3.63, 3.8) is 0 Å². The summed E-state index contributed by atoms with van der Waals surface area (Å²) in [5.74, 6) is 0.615. The first-order valence-corrected chi connectivity index (χ1v) is 7.22. The number of rotatable bonds is 3. The van der Waals surface area contributed by atoms with Crippen LogP contribution in [0.1, 0.15) is 6.42 Å². The Balaban J connectivity index is 1.90. The summed E-state index contributed by atoms with van der Waals surface area (Å²) >= 11 is 3.43. The third kappa shape index (κ3) is 2.72. The van der Waals surface area contributed by atoms with Gasteiger partial charge in [-0.3, -0.25) is 9.97 Å². The molecule has 0 amide bonds. The molecule has 0 N–H and O–H groups in total. The van der Waals surface area contributed by atoms with Crippen molar-refractivity contribution in [3.05, 3.63) is 29.0 Å². The maximum Gasteiger partial charge on any atom is 0.112 e. The molecular weight excluding hydrogens is 306 g/mol. The maximum absolute atomic E-state index is 5.44. The van der Waals surface area contributed by atoms with E-state index < -0.39 is 0 Å². The molecule has 1 saturated heterocycles. The fourth-order valence-corrected chi connectivity index (χ4v) is 2.83. The number of pyridine rings is 2. The minimum Gasteiger partial charge on any atom is -0.381 e. The van der Waals surface area contributed by atoms with Crippen molar-refractivity contribution < 1.29 is 4.74 Å². The number of ether oxygens (including phenoxy) is 1. The average molecular weight is 322 g/mol. The van der Waals surface area contributed by atoms with Crippen LogP contribution < -0.4 is 4.90 Å². The molecule has 0 radical (unpaired) electrons. The largest absolute Gasteiger partial charge is 0.381 e. The number of hydrogen-bond donors (Lipinski definition) is 0. The molecule has 0 unspecified atom stereocenters. The molecule has 100 valence electrons. The topological polar surface area (TPSA) is 38.2 Å². The van der Waals surface area contributed by atoms with Crippen molar-refractivity contribution in [2.45, 2.75) is 6.42 Å². The highest BCUT2D eigenvalue weighted by Crippen LogP contribution is 2.26. The molecule has 3 rings (SSSR count). The molecule has 0 aliphatic carbocycles. The van der Waals surface area contributed by atoms with Gasteiger partial charge in [-0.05, 0) is 34.5 Å². The molecule has 4 nitrogen and oxygen atoms in total. The van der Waals surface area contributed by atoms with E-state index in [2.05, 4.69) is 37.8 Å². The van der Waals surface area contributed by atoms with Gasteiger partial charge < -0.3 is 9.64 Å². The first-order chi connectivity index (χ1) is 9.24. The minimum atomic E-state index is 0.615. The first kappa shape index (κ1) is 12.8. The molecule has 0 spiro atoms. The molecule has 19 heavy (non-hydrogen) atoms. The van der Waals surface area contributed by atoms with E-state index in [1.807, 2.05) is 24.5 Å². The van der Waals surface area contributed by atoms with Crippen molar-refractivity contribution in [3.8, 4) is 0 Å². The molecular formula is C14H16BrN3O. The van der Waals surface area contributed by atoms with Gasteiger partial charge >= 0.3 is 0 Å². The number of halogens is 1. The predicted molar refractivity (Wildman–Crippen MR) is 79.4 cm³/mol. The lowest BCUT2D eigenvalue weighted by atomic mass is 10.1. The van der Waals surface area contributed by atoms with E-state index in [0.29, 0.717) is 5.92 Å². The normalized spacial score (nSPS) is 18.9. The Bertz CT molecular complexity index is 584. The predicted octanol–water partition coefficient (Wildman–Crippen LogP) is 2.87. The molecule has 0 saturated carbocycles. The van der Waals surface area contributed by atoms with Crippen LogP contribution in [0.4, 0.5) is 5.69 Å². The van der Waals surface area contributed by atoms with E-state index in [1.165, 1.54) is 0 Å². The van der Waals surface area contributed by atoms with Crippen LogP contribution in [0.25, 0.3) is 11.0 Å². The minimum absolute atomic E-state index is 0.615. The van der Waals surface area contributed by atoms with Crippen LogP contribution in [0.3, 0.4) is 0 Å². The highest BCUT2D eigenvalue weighted by molar-refractivity contribution is 9.10. The molecule has 1 aliphatic heterocycles. The SMILES string of the molecule is CN(C[C@@H]1CCOC1)c1ccnc2cc(Br)cnc12. The number of nitrogens with zero attached hydrogens (tertiary/aromatic N) is 3. The van der Waals surface area contributed by atoms with E-state index in [4.69, 9.17) is 4.74 Å². The summed E-state index contributed by atoms with van der Waals surface area (Å²) in [4.78, 5) is 11.1. The van der Waals surface area contributed by atoms with E-state index in [0.717, 1.165) is 47.4 Å². The van der Waals surface area contributed by atoms with Crippen molar-refractivity contribution >= 4 is 32.7 Å². The maximum atomic E-state index is 5.44. The molecule has 2 aromatic heterocycles. The van der Waals surface area contributed by atoms with Gasteiger partial charge in [-0.2, -0.15) is 0 Å². The summed E-state index contributed by atoms with van der Waals surface area (Å²) in [6.45, 7) is 2.75. The van der Waals surface area contributed by atoms with E-state index in [1.54, 1.807) is 0 Å². The Morgan fingerprint density at radius 1 is 1.47 bits per heavy atom. The highest BCUT2D eigenvalue weighted by Gasteiger charge is 2.19. The van der Waals surface area contributed by atoms with Gasteiger partial charge in [0.15, 0.2) is 0 Å². The van der Waals surface area contributed by atoms with E-state index >= 15 is 0 Å². The van der Waals surface area contributed by atoms with Gasteiger partial charge in [-0.1, -0.05) is 0 Å². The average Bonchev–Trinajstić information content (AvgIpc) is 2.90. The second kappa shape index (κ2) is 5.43. The Morgan fingerprint density at radius 3 is 3.16 bits per heavy atom. The smallest absolute Gasteiger partial charge is 0.112 e. The van der Waals surface area contributed by atoms with Crippen LogP contribution in [0, 0.1) is 5.92 Å². The number of aromatic nitrogens is 2. The third-order valence-electron chi connectivity index (χ3n) is 3.49. The van der Waals surface area contributed by atoms with Crippen LogP contribution in [0.2, 0.25) is 0 Å². The van der Waals surface area contributed by atoms with E-state index in [9.17, 15) is 0 Å². The summed E-state index contributed by atoms with van der Waals surface area (Å²) in [6.07, 6.45) is 4.81. The highest BCUT2D eigenvalue weighted by atomic mass is 79.9. The molecule has 2 aromatic rings. The Kier molecular flexibility index (Phi) is 3.66. The standard InChI is InChI=1S/C14H16BrN3O/c1-18(8-10-3-5-19-9-10)13-2-4-16-12-6-11(15)7-17-14(12)13/h2,4,6-7,10H,3,5,8-9H2,1H3/t10-/m0/s1. The molecule has 0 bridgehead atoms. The number of hydrogen-bond acceptors (Lipinski definition) is 4. The molecule has 1 fully saturated rings. The fourth-order valence-electron chi connectivity index (χ4n) is 2.51. The first-order valence-electron chi connectivity index (χ1n) is 6.43. The molecule has 1 aliphatic rings. The molecule has 0 aromatic carbocycles. The van der Waals surface area contributed by atoms with Crippen molar-refractivity contribution in [1.82, 2.24) is 9.97 Å². The summed E-state index contributed by atoms with van der Waals surface area (Å²) in [5.41, 5.74) is 3.00. The lowest BCUT2D eigenvalue weighted by Crippen LogP contribution is -2.26. The zero-order chi connectivity index (χ0) is 13.2. The second-order valence-corrected chi connectivity index (χ2v) is 5.88. The van der Waals surface area contributed by atoms with Gasteiger partial charge in [0.05, 0.1) is 17.8 Å². The summed E-state index contributed by atoms with van der Waals surface area (Å²) < 4.78 is 6.39. The van der Waals surface area contributed by atoms with Crippen LogP contribution in [-0.4, -0.2) is 36.8 Å². The zero-order valence-corrected chi connectivity index (χ0v) is 12.4. The zero-order valence-electron chi connectivity index (χ0n) is 10.8.